The molecule has 0 saturated carbocycles. The molecule has 4 rings (SSSR count). The normalized spacial score (nSPS) is 16.3. The molecule has 1 atom stereocenters. The van der Waals surface area contributed by atoms with Crippen molar-refractivity contribution in [1.29, 1.82) is 0 Å². The lowest BCUT2D eigenvalue weighted by molar-refractivity contribution is -0.125. The molecular weight excluding hydrogens is 382 g/mol. The molecule has 1 N–H and O–H groups in total. The first-order valence-electron chi connectivity index (χ1n) is 9.98. The first kappa shape index (κ1) is 19.9. The average Bonchev–Trinajstić information content (AvgIpc) is 2.82. The van der Waals surface area contributed by atoms with Crippen LogP contribution < -0.4 is 19.7 Å². The van der Waals surface area contributed by atoms with Crippen molar-refractivity contribution in [2.75, 3.05) is 32.2 Å². The van der Waals surface area contributed by atoms with Gasteiger partial charge in [0.2, 0.25) is 5.91 Å². The van der Waals surface area contributed by atoms with Crippen molar-refractivity contribution in [2.24, 2.45) is 5.92 Å². The van der Waals surface area contributed by atoms with Crippen LogP contribution >= 0.6 is 0 Å². The van der Waals surface area contributed by atoms with E-state index in [9.17, 15) is 4.79 Å². The van der Waals surface area contributed by atoms with Crippen LogP contribution in [-0.2, 0) is 11.3 Å². The number of ether oxygens (including phenoxy) is 2. The number of fused-ring (bicyclic) bond motifs is 1. The summed E-state index contributed by atoms with van der Waals surface area (Å²) in [6.45, 7) is 2.00. The molecule has 3 aromatic rings. The smallest absolute Gasteiger partial charge is 0.225 e. The molecule has 8 heteroatoms. The predicted molar refractivity (Wildman–Crippen MR) is 114 cm³/mol. The van der Waals surface area contributed by atoms with Crippen LogP contribution in [0, 0.1) is 5.92 Å². The first-order chi connectivity index (χ1) is 14.7. The molecule has 1 aliphatic heterocycles. The lowest BCUT2D eigenvalue weighted by Gasteiger charge is -2.33. The van der Waals surface area contributed by atoms with Gasteiger partial charge in [0, 0.05) is 32.0 Å². The number of amides is 1. The fraction of sp³-hybridized carbons (Fsp3) is 0.364. The Morgan fingerprint density at radius 2 is 1.97 bits per heavy atom. The molecule has 0 spiro atoms. The SMILES string of the molecule is COc1ccc(CNC(=O)[C@H]2CCCN(c3cnc4nccnc4c3)C2)cc1OC. The molecule has 0 unspecified atom stereocenters. The third-order valence-corrected chi connectivity index (χ3v) is 5.38. The number of rotatable bonds is 6. The predicted octanol–water partition coefficient (Wildman–Crippen LogP) is 2.57. The number of anilines is 1. The number of carbonyl (C=O) groups excluding carboxylic acids is 1. The van der Waals surface area contributed by atoms with Crippen LogP contribution in [0.2, 0.25) is 0 Å². The van der Waals surface area contributed by atoms with Gasteiger partial charge in [-0.3, -0.25) is 9.78 Å². The number of benzene rings is 1. The van der Waals surface area contributed by atoms with Gasteiger partial charge in [-0.2, -0.15) is 0 Å². The Morgan fingerprint density at radius 3 is 2.80 bits per heavy atom. The number of nitrogens with zero attached hydrogens (tertiary/aromatic N) is 4. The Balaban J connectivity index is 1.39. The molecule has 1 aromatic carbocycles. The van der Waals surface area contributed by atoms with Crippen LogP contribution in [0.15, 0.2) is 42.9 Å². The van der Waals surface area contributed by atoms with Crippen LogP contribution in [0.5, 0.6) is 11.5 Å². The summed E-state index contributed by atoms with van der Waals surface area (Å²) in [5.74, 6) is 1.31. The zero-order valence-corrected chi connectivity index (χ0v) is 17.2. The fourth-order valence-electron chi connectivity index (χ4n) is 3.77. The monoisotopic (exact) mass is 407 g/mol. The van der Waals surface area contributed by atoms with E-state index in [1.807, 2.05) is 24.3 Å². The first-order valence-corrected chi connectivity index (χ1v) is 9.98. The maximum absolute atomic E-state index is 12.8. The lowest BCUT2D eigenvalue weighted by Crippen LogP contribution is -2.43. The van der Waals surface area contributed by atoms with E-state index in [1.165, 1.54) is 0 Å². The molecule has 1 amide bonds. The summed E-state index contributed by atoms with van der Waals surface area (Å²) in [5, 5.41) is 3.06. The number of aromatic nitrogens is 3. The van der Waals surface area contributed by atoms with Crippen molar-refractivity contribution in [3.63, 3.8) is 0 Å². The van der Waals surface area contributed by atoms with E-state index in [4.69, 9.17) is 9.47 Å². The summed E-state index contributed by atoms with van der Waals surface area (Å²) in [7, 11) is 3.20. The van der Waals surface area contributed by atoms with Gasteiger partial charge in [-0.15, -0.1) is 0 Å². The van der Waals surface area contributed by atoms with Gasteiger partial charge in [-0.05, 0) is 36.6 Å². The molecule has 156 valence electrons. The highest BCUT2D eigenvalue weighted by Crippen LogP contribution is 2.28. The standard InChI is InChI=1S/C22H25N5O3/c1-29-19-6-5-15(10-20(19)30-2)12-26-22(28)16-4-3-9-27(14-16)17-11-18-21(25-13-17)24-8-7-23-18/h5-8,10-11,13,16H,3-4,9,12,14H2,1-2H3,(H,26,28)/t16-/m0/s1. The second kappa shape index (κ2) is 8.94. The van der Waals surface area contributed by atoms with Crippen LogP contribution in [0.25, 0.3) is 11.2 Å². The van der Waals surface area contributed by atoms with Crippen molar-refractivity contribution < 1.29 is 14.3 Å². The summed E-state index contributed by atoms with van der Waals surface area (Å²) < 4.78 is 10.6. The number of hydrogen-bond donors (Lipinski definition) is 1. The van der Waals surface area contributed by atoms with Gasteiger partial charge >= 0.3 is 0 Å². The van der Waals surface area contributed by atoms with E-state index >= 15 is 0 Å². The second-order valence-electron chi connectivity index (χ2n) is 7.28. The van der Waals surface area contributed by atoms with Gasteiger partial charge in [0.15, 0.2) is 17.1 Å². The third-order valence-electron chi connectivity index (χ3n) is 5.38. The summed E-state index contributed by atoms with van der Waals surface area (Å²) in [6, 6.07) is 7.64. The van der Waals surface area contributed by atoms with Crippen LogP contribution in [0.3, 0.4) is 0 Å². The van der Waals surface area contributed by atoms with Crippen molar-refractivity contribution >= 4 is 22.8 Å². The number of hydrogen-bond acceptors (Lipinski definition) is 7. The largest absolute Gasteiger partial charge is 0.493 e. The number of carbonyl (C=O) groups is 1. The average molecular weight is 407 g/mol. The fourth-order valence-corrected chi connectivity index (χ4v) is 3.77. The molecule has 1 aliphatic rings. The topological polar surface area (TPSA) is 89.5 Å². The van der Waals surface area contributed by atoms with E-state index in [-0.39, 0.29) is 11.8 Å². The van der Waals surface area contributed by atoms with Crippen molar-refractivity contribution in [3.8, 4) is 11.5 Å². The Labute approximate surface area is 175 Å². The Morgan fingerprint density at radius 1 is 1.13 bits per heavy atom. The van der Waals surface area contributed by atoms with Gasteiger partial charge in [0.1, 0.15) is 5.52 Å². The van der Waals surface area contributed by atoms with Gasteiger partial charge < -0.3 is 19.7 Å². The molecular formula is C22H25N5O3. The van der Waals surface area contributed by atoms with E-state index in [1.54, 1.807) is 32.8 Å². The molecule has 1 saturated heterocycles. The molecule has 0 aliphatic carbocycles. The lowest BCUT2D eigenvalue weighted by atomic mass is 9.96. The van der Waals surface area contributed by atoms with Crippen LogP contribution in [-0.4, -0.2) is 48.2 Å². The zero-order chi connectivity index (χ0) is 20.9. The molecule has 0 radical (unpaired) electrons. The van der Waals surface area contributed by atoms with Crippen molar-refractivity contribution in [1.82, 2.24) is 20.3 Å². The highest BCUT2D eigenvalue weighted by Gasteiger charge is 2.26. The molecule has 0 bridgehead atoms. The Hall–Kier alpha value is -3.42. The summed E-state index contributed by atoms with van der Waals surface area (Å²) in [5.41, 5.74) is 3.32. The number of pyridine rings is 1. The third kappa shape index (κ3) is 4.27. The second-order valence-corrected chi connectivity index (χ2v) is 7.28. The van der Waals surface area contributed by atoms with Crippen molar-refractivity contribution in [2.45, 2.75) is 19.4 Å². The van der Waals surface area contributed by atoms with E-state index in [0.29, 0.717) is 30.2 Å². The highest BCUT2D eigenvalue weighted by atomic mass is 16.5. The molecule has 1 fully saturated rings. The van der Waals surface area contributed by atoms with Crippen LogP contribution in [0.1, 0.15) is 18.4 Å². The summed E-state index contributed by atoms with van der Waals surface area (Å²) >= 11 is 0. The highest BCUT2D eigenvalue weighted by molar-refractivity contribution is 5.80. The quantitative estimate of drug-likeness (QED) is 0.672. The van der Waals surface area contributed by atoms with Gasteiger partial charge in [0.05, 0.1) is 32.0 Å². The minimum Gasteiger partial charge on any atom is -0.493 e. The van der Waals surface area contributed by atoms with Gasteiger partial charge in [0.25, 0.3) is 0 Å². The molecule has 3 heterocycles. The van der Waals surface area contributed by atoms with Gasteiger partial charge in [-0.1, -0.05) is 6.07 Å². The summed E-state index contributed by atoms with van der Waals surface area (Å²) in [4.78, 5) is 27.9. The number of piperidine rings is 1. The Kier molecular flexibility index (Phi) is 5.92. The van der Waals surface area contributed by atoms with E-state index in [0.717, 1.165) is 36.2 Å². The van der Waals surface area contributed by atoms with E-state index < -0.39 is 0 Å². The zero-order valence-electron chi connectivity index (χ0n) is 17.2. The van der Waals surface area contributed by atoms with Gasteiger partial charge in [-0.25, -0.2) is 9.97 Å². The summed E-state index contributed by atoms with van der Waals surface area (Å²) in [6.07, 6.45) is 6.92. The van der Waals surface area contributed by atoms with E-state index in [2.05, 4.69) is 25.2 Å². The Bertz CT molecular complexity index is 1040. The maximum Gasteiger partial charge on any atom is 0.225 e. The molecule has 8 nitrogen and oxygen atoms in total. The van der Waals surface area contributed by atoms with Crippen LogP contribution in [0.4, 0.5) is 5.69 Å². The minimum absolute atomic E-state index is 0.0584. The molecule has 2 aromatic heterocycles. The molecule has 30 heavy (non-hydrogen) atoms. The number of nitrogens with one attached hydrogen (secondary N) is 1. The maximum atomic E-state index is 12.8. The minimum atomic E-state index is -0.0727. The number of methoxy groups -OCH3 is 2. The van der Waals surface area contributed by atoms with Crippen molar-refractivity contribution in [3.05, 3.63) is 48.4 Å².